The van der Waals surface area contributed by atoms with Crippen LogP contribution in [0.2, 0.25) is 0 Å². The van der Waals surface area contributed by atoms with Gasteiger partial charge in [-0.1, -0.05) is 36.4 Å². The number of hydrogen-bond acceptors (Lipinski definition) is 5. The van der Waals surface area contributed by atoms with E-state index in [0.717, 1.165) is 6.07 Å². The Morgan fingerprint density at radius 1 is 1.04 bits per heavy atom. The summed E-state index contributed by atoms with van der Waals surface area (Å²) in [6.07, 6.45) is 0. The SMILES string of the molecule is Cc1ccc([N+](=O)[O-])cc1S(=O)(=O)N1CCN([C@@H](C)c2ccccc2)CC1. The van der Waals surface area contributed by atoms with E-state index in [1.165, 1.54) is 22.0 Å². The maximum atomic E-state index is 13.0. The van der Waals surface area contributed by atoms with Crippen molar-refractivity contribution in [1.29, 1.82) is 0 Å². The Kier molecular flexibility index (Phi) is 5.59. The zero-order chi connectivity index (χ0) is 19.6. The molecule has 0 unspecified atom stereocenters. The van der Waals surface area contributed by atoms with Gasteiger partial charge in [-0.2, -0.15) is 4.31 Å². The Hall–Kier alpha value is -2.29. The lowest BCUT2D eigenvalue weighted by Gasteiger charge is -2.37. The van der Waals surface area contributed by atoms with E-state index in [-0.39, 0.29) is 16.6 Å². The topological polar surface area (TPSA) is 83.8 Å². The van der Waals surface area contributed by atoms with Crippen LogP contribution in [0.15, 0.2) is 53.4 Å². The Balaban J connectivity index is 1.75. The molecular formula is C19H23N3O4S. The third kappa shape index (κ3) is 4.02. The van der Waals surface area contributed by atoms with Crippen molar-refractivity contribution < 1.29 is 13.3 Å². The quantitative estimate of drug-likeness (QED) is 0.580. The van der Waals surface area contributed by atoms with Crippen LogP contribution in [0.4, 0.5) is 5.69 Å². The molecule has 144 valence electrons. The highest BCUT2D eigenvalue weighted by Crippen LogP contribution is 2.27. The number of rotatable bonds is 5. The predicted octanol–water partition coefficient (Wildman–Crippen LogP) is 2.97. The van der Waals surface area contributed by atoms with E-state index in [9.17, 15) is 18.5 Å². The molecule has 0 radical (unpaired) electrons. The first-order chi connectivity index (χ1) is 12.8. The number of nitro groups is 1. The fourth-order valence-electron chi connectivity index (χ4n) is 3.39. The molecule has 2 aromatic rings. The van der Waals surface area contributed by atoms with Crippen LogP contribution < -0.4 is 0 Å². The lowest BCUT2D eigenvalue weighted by Crippen LogP contribution is -2.49. The van der Waals surface area contributed by atoms with Gasteiger partial charge in [0.05, 0.1) is 9.82 Å². The molecule has 0 saturated carbocycles. The van der Waals surface area contributed by atoms with Gasteiger partial charge in [0.15, 0.2) is 0 Å². The van der Waals surface area contributed by atoms with Crippen LogP contribution in [-0.2, 0) is 10.0 Å². The summed E-state index contributed by atoms with van der Waals surface area (Å²) in [6.45, 7) is 5.73. The van der Waals surface area contributed by atoms with Crippen molar-refractivity contribution >= 4 is 15.7 Å². The van der Waals surface area contributed by atoms with Crippen LogP contribution in [0.5, 0.6) is 0 Å². The normalized spacial score (nSPS) is 17.6. The van der Waals surface area contributed by atoms with Crippen LogP contribution >= 0.6 is 0 Å². The Morgan fingerprint density at radius 3 is 2.26 bits per heavy atom. The van der Waals surface area contributed by atoms with Crippen molar-refractivity contribution in [3.8, 4) is 0 Å². The minimum atomic E-state index is -3.76. The minimum Gasteiger partial charge on any atom is -0.294 e. The third-order valence-electron chi connectivity index (χ3n) is 5.10. The van der Waals surface area contributed by atoms with Gasteiger partial charge in [-0.15, -0.1) is 0 Å². The van der Waals surface area contributed by atoms with Gasteiger partial charge >= 0.3 is 0 Å². The molecule has 7 nitrogen and oxygen atoms in total. The van der Waals surface area contributed by atoms with Crippen molar-refractivity contribution in [2.45, 2.75) is 24.8 Å². The summed E-state index contributed by atoms with van der Waals surface area (Å²) in [5.41, 5.74) is 1.50. The van der Waals surface area contributed by atoms with Crippen LogP contribution in [-0.4, -0.2) is 48.7 Å². The van der Waals surface area contributed by atoms with E-state index in [1.54, 1.807) is 6.92 Å². The number of benzene rings is 2. The van der Waals surface area contributed by atoms with E-state index >= 15 is 0 Å². The van der Waals surface area contributed by atoms with E-state index in [1.807, 2.05) is 18.2 Å². The standard InChI is InChI=1S/C19H23N3O4S/c1-15-8-9-18(22(23)24)14-19(15)27(25,26)21-12-10-20(11-13-21)16(2)17-6-4-3-5-7-17/h3-9,14,16H,10-13H2,1-2H3/t16-/m0/s1. The van der Waals surface area contributed by atoms with E-state index in [2.05, 4.69) is 24.0 Å². The maximum Gasteiger partial charge on any atom is 0.270 e. The van der Waals surface area contributed by atoms with Crippen LogP contribution in [0, 0.1) is 17.0 Å². The van der Waals surface area contributed by atoms with E-state index in [4.69, 9.17) is 0 Å². The Bertz CT molecular complexity index is 923. The summed E-state index contributed by atoms with van der Waals surface area (Å²) in [5, 5.41) is 11.0. The van der Waals surface area contributed by atoms with Gasteiger partial charge < -0.3 is 0 Å². The Morgan fingerprint density at radius 2 is 1.67 bits per heavy atom. The minimum absolute atomic E-state index is 0.0151. The molecule has 3 rings (SSSR count). The van der Waals surface area contributed by atoms with Gasteiger partial charge in [-0.05, 0) is 25.0 Å². The summed E-state index contributed by atoms with van der Waals surface area (Å²) in [6, 6.07) is 14.3. The molecule has 1 heterocycles. The van der Waals surface area contributed by atoms with Crippen molar-refractivity contribution in [2.75, 3.05) is 26.2 Å². The lowest BCUT2D eigenvalue weighted by molar-refractivity contribution is -0.385. The second kappa shape index (κ2) is 7.75. The highest BCUT2D eigenvalue weighted by Gasteiger charge is 2.32. The highest BCUT2D eigenvalue weighted by molar-refractivity contribution is 7.89. The number of aryl methyl sites for hydroxylation is 1. The molecule has 1 aliphatic rings. The summed E-state index contributed by atoms with van der Waals surface area (Å²) in [4.78, 5) is 12.7. The molecule has 0 bridgehead atoms. The molecule has 0 aromatic heterocycles. The first-order valence-electron chi connectivity index (χ1n) is 8.85. The summed E-state index contributed by atoms with van der Waals surface area (Å²) in [5.74, 6) is 0. The lowest BCUT2D eigenvalue weighted by atomic mass is 10.1. The van der Waals surface area contributed by atoms with Crippen LogP contribution in [0.3, 0.4) is 0 Å². The molecule has 1 fully saturated rings. The first kappa shape index (κ1) is 19.5. The van der Waals surface area contributed by atoms with Gasteiger partial charge in [-0.3, -0.25) is 15.0 Å². The molecule has 27 heavy (non-hydrogen) atoms. The average Bonchev–Trinajstić information content (AvgIpc) is 2.68. The fourth-order valence-corrected chi connectivity index (χ4v) is 5.06. The molecular weight excluding hydrogens is 366 g/mol. The smallest absolute Gasteiger partial charge is 0.270 e. The molecule has 1 saturated heterocycles. The van der Waals surface area contributed by atoms with Crippen molar-refractivity contribution in [3.63, 3.8) is 0 Å². The van der Waals surface area contributed by atoms with Crippen molar-refractivity contribution in [3.05, 3.63) is 69.8 Å². The summed E-state index contributed by atoms with van der Waals surface area (Å²) < 4.78 is 27.5. The summed E-state index contributed by atoms with van der Waals surface area (Å²) >= 11 is 0. The molecule has 1 atom stereocenters. The average molecular weight is 389 g/mol. The first-order valence-corrected chi connectivity index (χ1v) is 10.3. The second-order valence-electron chi connectivity index (χ2n) is 6.73. The van der Waals surface area contributed by atoms with Gasteiger partial charge in [0.1, 0.15) is 0 Å². The summed E-state index contributed by atoms with van der Waals surface area (Å²) in [7, 11) is -3.76. The van der Waals surface area contributed by atoms with Crippen LogP contribution in [0.25, 0.3) is 0 Å². The second-order valence-corrected chi connectivity index (χ2v) is 8.64. The number of sulfonamides is 1. The molecule has 0 spiro atoms. The molecule has 8 heteroatoms. The van der Waals surface area contributed by atoms with Crippen LogP contribution in [0.1, 0.15) is 24.1 Å². The zero-order valence-electron chi connectivity index (χ0n) is 15.4. The van der Waals surface area contributed by atoms with Gasteiger partial charge in [-0.25, -0.2) is 8.42 Å². The number of nitrogens with zero attached hydrogens (tertiary/aromatic N) is 3. The molecule has 2 aromatic carbocycles. The molecule has 0 N–H and O–H groups in total. The third-order valence-corrected chi connectivity index (χ3v) is 7.14. The van der Waals surface area contributed by atoms with Crippen molar-refractivity contribution in [1.82, 2.24) is 9.21 Å². The van der Waals surface area contributed by atoms with Gasteiger partial charge in [0.25, 0.3) is 5.69 Å². The number of non-ortho nitro benzene ring substituents is 1. The highest BCUT2D eigenvalue weighted by atomic mass is 32.2. The van der Waals surface area contributed by atoms with Gasteiger partial charge in [0.2, 0.25) is 10.0 Å². The molecule has 1 aliphatic heterocycles. The fraction of sp³-hybridized carbons (Fsp3) is 0.368. The van der Waals surface area contributed by atoms with E-state index in [0.29, 0.717) is 31.7 Å². The number of hydrogen-bond donors (Lipinski definition) is 0. The monoisotopic (exact) mass is 389 g/mol. The van der Waals surface area contributed by atoms with Crippen molar-refractivity contribution in [2.24, 2.45) is 0 Å². The number of nitro benzene ring substituents is 1. The van der Waals surface area contributed by atoms with E-state index < -0.39 is 14.9 Å². The molecule has 0 amide bonds. The number of piperazine rings is 1. The molecule has 0 aliphatic carbocycles. The predicted molar refractivity (Wildman–Crippen MR) is 103 cm³/mol. The largest absolute Gasteiger partial charge is 0.294 e. The Labute approximate surface area is 159 Å². The van der Waals surface area contributed by atoms with Gasteiger partial charge in [0, 0.05) is 44.4 Å². The zero-order valence-corrected chi connectivity index (χ0v) is 16.2. The maximum absolute atomic E-state index is 13.0.